The van der Waals surface area contributed by atoms with Crippen LogP contribution in [-0.2, 0) is 19.2 Å². The molecule has 0 fully saturated rings. The Kier molecular flexibility index (Phi) is 12.1. The lowest BCUT2D eigenvalue weighted by Gasteiger charge is -2.21. The minimum absolute atomic E-state index is 0.0901. The average molecular weight is 380 g/mol. The number of hydrogen-bond acceptors (Lipinski definition) is 7. The van der Waals surface area contributed by atoms with Gasteiger partial charge in [0.1, 0.15) is 13.1 Å². The van der Waals surface area contributed by atoms with E-state index in [4.69, 9.17) is 5.73 Å². The summed E-state index contributed by atoms with van der Waals surface area (Å²) in [5, 5.41) is 5.04. The molecule has 0 aliphatic carbocycles. The standard InChI is InChI=1S/C13H25N5O4S2/c1-4-12(21)17(23-8-14)7-11(20)16-9-24-18(13(22)5-2)6-10(19)15-3/h4-9,14H2,1-3H3,(H,15,19)(H,16,20). The normalized spacial score (nSPS) is 10.0. The highest BCUT2D eigenvalue weighted by molar-refractivity contribution is 7.97. The van der Waals surface area contributed by atoms with E-state index in [1.165, 1.54) is 15.7 Å². The quantitative estimate of drug-likeness (QED) is 0.326. The summed E-state index contributed by atoms with van der Waals surface area (Å²) < 4.78 is 2.60. The van der Waals surface area contributed by atoms with Crippen LogP contribution < -0.4 is 16.4 Å². The van der Waals surface area contributed by atoms with E-state index in [-0.39, 0.29) is 61.3 Å². The number of hydrogen-bond donors (Lipinski definition) is 3. The Labute approximate surface area is 150 Å². The molecule has 0 saturated carbocycles. The molecule has 0 rings (SSSR count). The fraction of sp³-hybridized carbons (Fsp3) is 0.692. The monoisotopic (exact) mass is 379 g/mol. The summed E-state index contributed by atoms with van der Waals surface area (Å²) in [6, 6.07) is 0. The molecule has 0 saturated heterocycles. The first-order chi connectivity index (χ1) is 11.4. The molecule has 0 aromatic heterocycles. The predicted molar refractivity (Wildman–Crippen MR) is 95.3 cm³/mol. The van der Waals surface area contributed by atoms with Crippen LogP contribution in [-0.4, -0.2) is 64.1 Å². The Morgan fingerprint density at radius 3 is 1.88 bits per heavy atom. The van der Waals surface area contributed by atoms with E-state index in [0.717, 1.165) is 23.9 Å². The summed E-state index contributed by atoms with van der Waals surface area (Å²) in [7, 11) is 1.48. The molecule has 4 amide bonds. The third kappa shape index (κ3) is 8.99. The lowest BCUT2D eigenvalue weighted by atomic mass is 10.4. The minimum atomic E-state index is -0.367. The number of nitrogens with two attached hydrogens (primary N) is 1. The molecule has 0 aromatic rings. The highest BCUT2D eigenvalue weighted by Crippen LogP contribution is 2.11. The third-order valence-corrected chi connectivity index (χ3v) is 4.45. The summed E-state index contributed by atoms with van der Waals surface area (Å²) in [5.41, 5.74) is 5.40. The second-order valence-corrected chi connectivity index (χ2v) is 6.43. The van der Waals surface area contributed by atoms with E-state index in [0.29, 0.717) is 0 Å². The van der Waals surface area contributed by atoms with Crippen molar-refractivity contribution >= 4 is 47.5 Å². The number of amides is 4. The van der Waals surface area contributed by atoms with Gasteiger partial charge in [-0.1, -0.05) is 13.8 Å². The molecule has 24 heavy (non-hydrogen) atoms. The topological polar surface area (TPSA) is 125 Å². The lowest BCUT2D eigenvalue weighted by molar-refractivity contribution is -0.130. The summed E-state index contributed by atoms with van der Waals surface area (Å²) >= 11 is 2.11. The number of carbonyl (C=O) groups is 4. The summed E-state index contributed by atoms with van der Waals surface area (Å²) in [5.74, 6) is -0.749. The van der Waals surface area contributed by atoms with Crippen LogP contribution in [0, 0.1) is 0 Å². The Morgan fingerprint density at radius 2 is 1.42 bits per heavy atom. The number of nitrogens with zero attached hydrogens (tertiary/aromatic N) is 2. The van der Waals surface area contributed by atoms with E-state index in [2.05, 4.69) is 10.6 Å². The molecule has 0 aliphatic rings. The van der Waals surface area contributed by atoms with Crippen molar-refractivity contribution in [2.75, 3.05) is 31.9 Å². The Morgan fingerprint density at radius 1 is 0.917 bits per heavy atom. The van der Waals surface area contributed by atoms with Crippen LogP contribution in [0.25, 0.3) is 0 Å². The van der Waals surface area contributed by atoms with Gasteiger partial charge in [0, 0.05) is 19.9 Å². The Bertz CT molecular complexity index is 450. The maximum absolute atomic E-state index is 11.9. The van der Waals surface area contributed by atoms with E-state index >= 15 is 0 Å². The first-order valence-corrected chi connectivity index (χ1v) is 9.31. The Hall–Kier alpha value is -1.46. The van der Waals surface area contributed by atoms with Crippen molar-refractivity contribution in [3.05, 3.63) is 0 Å². The van der Waals surface area contributed by atoms with Crippen LogP contribution in [0.15, 0.2) is 0 Å². The van der Waals surface area contributed by atoms with E-state index in [9.17, 15) is 19.2 Å². The van der Waals surface area contributed by atoms with Gasteiger partial charge in [0.2, 0.25) is 23.6 Å². The van der Waals surface area contributed by atoms with Gasteiger partial charge in [-0.15, -0.1) is 0 Å². The molecule has 0 unspecified atom stereocenters. The number of rotatable bonds is 11. The minimum Gasteiger partial charge on any atom is -0.358 e. The molecule has 0 spiro atoms. The average Bonchev–Trinajstić information content (AvgIpc) is 2.58. The molecule has 0 bridgehead atoms. The van der Waals surface area contributed by atoms with Gasteiger partial charge in [-0.05, 0) is 23.9 Å². The van der Waals surface area contributed by atoms with Crippen molar-refractivity contribution < 1.29 is 19.2 Å². The van der Waals surface area contributed by atoms with E-state index in [1.807, 2.05) is 0 Å². The molecule has 4 N–H and O–H groups in total. The van der Waals surface area contributed by atoms with Crippen molar-refractivity contribution in [3.63, 3.8) is 0 Å². The zero-order valence-electron chi connectivity index (χ0n) is 14.2. The lowest BCUT2D eigenvalue weighted by Crippen LogP contribution is -2.39. The van der Waals surface area contributed by atoms with Gasteiger partial charge >= 0.3 is 0 Å². The van der Waals surface area contributed by atoms with Crippen LogP contribution in [0.3, 0.4) is 0 Å². The third-order valence-electron chi connectivity index (χ3n) is 2.73. The molecule has 0 aromatic carbocycles. The zero-order chi connectivity index (χ0) is 18.5. The van der Waals surface area contributed by atoms with Gasteiger partial charge in [-0.2, -0.15) is 0 Å². The molecular formula is C13H25N5O4S2. The molecule has 0 radical (unpaired) electrons. The SMILES string of the molecule is CCC(=O)N(CC(=O)NC)SCNC(=O)CN(SCN)C(=O)CC. The number of likely N-dealkylation sites (N-methyl/N-ethyl adjacent to an activating group) is 1. The highest BCUT2D eigenvalue weighted by atomic mass is 32.2. The van der Waals surface area contributed by atoms with Crippen molar-refractivity contribution in [3.8, 4) is 0 Å². The fourth-order valence-electron chi connectivity index (χ4n) is 1.44. The molecule has 0 aliphatic heterocycles. The van der Waals surface area contributed by atoms with Crippen LogP contribution in [0.1, 0.15) is 26.7 Å². The maximum Gasteiger partial charge on any atom is 0.241 e. The summed E-state index contributed by atoms with van der Waals surface area (Å²) in [4.78, 5) is 46.7. The summed E-state index contributed by atoms with van der Waals surface area (Å²) in [6.07, 6.45) is 0.532. The smallest absolute Gasteiger partial charge is 0.241 e. The number of carbonyl (C=O) groups excluding carboxylic acids is 4. The first-order valence-electron chi connectivity index (χ1n) is 7.43. The van der Waals surface area contributed by atoms with Gasteiger partial charge in [0.05, 0.1) is 11.8 Å². The van der Waals surface area contributed by atoms with Crippen molar-refractivity contribution in [1.82, 2.24) is 19.2 Å². The molecule has 138 valence electrons. The van der Waals surface area contributed by atoms with Gasteiger partial charge in [0.25, 0.3) is 0 Å². The summed E-state index contributed by atoms with van der Waals surface area (Å²) in [6.45, 7) is 3.18. The second-order valence-electron chi connectivity index (χ2n) is 4.41. The maximum atomic E-state index is 11.9. The van der Waals surface area contributed by atoms with Crippen molar-refractivity contribution in [1.29, 1.82) is 0 Å². The fourth-order valence-corrected chi connectivity index (χ4v) is 2.97. The van der Waals surface area contributed by atoms with Crippen LogP contribution in [0.5, 0.6) is 0 Å². The van der Waals surface area contributed by atoms with Crippen LogP contribution in [0.2, 0.25) is 0 Å². The van der Waals surface area contributed by atoms with Gasteiger partial charge in [-0.3, -0.25) is 27.8 Å². The molecule has 11 heteroatoms. The molecule has 0 heterocycles. The molecular weight excluding hydrogens is 354 g/mol. The highest BCUT2D eigenvalue weighted by Gasteiger charge is 2.18. The van der Waals surface area contributed by atoms with Gasteiger partial charge in [-0.25, -0.2) is 0 Å². The van der Waals surface area contributed by atoms with Gasteiger partial charge in [0.15, 0.2) is 0 Å². The largest absolute Gasteiger partial charge is 0.358 e. The first kappa shape index (κ1) is 22.5. The molecule has 9 nitrogen and oxygen atoms in total. The number of nitrogens with one attached hydrogen (secondary N) is 2. The second kappa shape index (κ2) is 12.9. The van der Waals surface area contributed by atoms with Gasteiger partial charge < -0.3 is 16.4 Å². The van der Waals surface area contributed by atoms with Crippen LogP contribution >= 0.6 is 23.9 Å². The predicted octanol–water partition coefficient (Wildman–Crippen LogP) is -0.504. The van der Waals surface area contributed by atoms with E-state index in [1.54, 1.807) is 13.8 Å². The Balaban J connectivity index is 4.42. The van der Waals surface area contributed by atoms with Crippen LogP contribution in [0.4, 0.5) is 0 Å². The van der Waals surface area contributed by atoms with Crippen molar-refractivity contribution in [2.24, 2.45) is 5.73 Å². The zero-order valence-corrected chi connectivity index (χ0v) is 15.8. The molecule has 0 atom stereocenters. The van der Waals surface area contributed by atoms with E-state index < -0.39 is 0 Å². The van der Waals surface area contributed by atoms with Crippen molar-refractivity contribution in [2.45, 2.75) is 26.7 Å².